The summed E-state index contributed by atoms with van der Waals surface area (Å²) in [6.45, 7) is 1.01. The minimum Gasteiger partial charge on any atom is -0.185 e. The van der Waals surface area contributed by atoms with Crippen molar-refractivity contribution in [1.82, 2.24) is 10.5 Å². The molecule has 0 N–H and O–H groups in total. The standard InChI is InChI=1S/C4H8F2N2/c5-8(6)7-3-1-2-4-7/h1-4H2. The van der Waals surface area contributed by atoms with Gasteiger partial charge in [0.05, 0.1) is 5.45 Å². The van der Waals surface area contributed by atoms with Crippen molar-refractivity contribution in [3.8, 4) is 0 Å². The molecule has 0 spiro atoms. The van der Waals surface area contributed by atoms with Crippen LogP contribution in [0.2, 0.25) is 0 Å². The Morgan fingerprint density at radius 1 is 1.12 bits per heavy atom. The summed E-state index contributed by atoms with van der Waals surface area (Å²) >= 11 is 0. The van der Waals surface area contributed by atoms with Crippen molar-refractivity contribution in [2.45, 2.75) is 12.8 Å². The summed E-state index contributed by atoms with van der Waals surface area (Å²) < 4.78 is 23.0. The van der Waals surface area contributed by atoms with Crippen LogP contribution >= 0.6 is 0 Å². The van der Waals surface area contributed by atoms with Crippen molar-refractivity contribution < 1.29 is 8.96 Å². The fourth-order valence-corrected chi connectivity index (χ4v) is 0.852. The number of hydrazine groups is 1. The van der Waals surface area contributed by atoms with Gasteiger partial charge >= 0.3 is 0 Å². The molecule has 0 bridgehead atoms. The van der Waals surface area contributed by atoms with Gasteiger partial charge in [0.2, 0.25) is 0 Å². The zero-order valence-electron chi connectivity index (χ0n) is 4.48. The Labute approximate surface area is 46.5 Å². The van der Waals surface area contributed by atoms with Gasteiger partial charge in [-0.05, 0) is 12.8 Å². The molecule has 48 valence electrons. The van der Waals surface area contributed by atoms with E-state index in [1.807, 2.05) is 0 Å². The number of nitrogens with zero attached hydrogens (tertiary/aromatic N) is 2. The Kier molecular flexibility index (Phi) is 1.75. The smallest absolute Gasteiger partial charge is 0.0980 e. The second kappa shape index (κ2) is 2.37. The van der Waals surface area contributed by atoms with Gasteiger partial charge in [-0.1, -0.05) is 8.96 Å². The molecule has 0 aromatic rings. The van der Waals surface area contributed by atoms with Crippen molar-refractivity contribution in [2.24, 2.45) is 0 Å². The summed E-state index contributed by atoms with van der Waals surface area (Å²) in [7, 11) is 0. The van der Waals surface area contributed by atoms with Gasteiger partial charge in [-0.3, -0.25) is 0 Å². The van der Waals surface area contributed by atoms with Gasteiger partial charge in [0.15, 0.2) is 0 Å². The van der Waals surface area contributed by atoms with Crippen LogP contribution in [0.1, 0.15) is 12.8 Å². The van der Waals surface area contributed by atoms with Crippen LogP contribution in [0.25, 0.3) is 0 Å². The Hall–Kier alpha value is -0.220. The SMILES string of the molecule is FN(F)N1CCCC1. The van der Waals surface area contributed by atoms with E-state index in [9.17, 15) is 8.96 Å². The summed E-state index contributed by atoms with van der Waals surface area (Å²) in [4.78, 5) is 0. The van der Waals surface area contributed by atoms with Crippen LogP contribution in [0.3, 0.4) is 0 Å². The molecule has 1 heterocycles. The maximum Gasteiger partial charge on any atom is 0.0980 e. The van der Waals surface area contributed by atoms with E-state index in [4.69, 9.17) is 0 Å². The molecule has 1 fully saturated rings. The number of rotatable bonds is 1. The van der Waals surface area contributed by atoms with Gasteiger partial charge in [0, 0.05) is 13.1 Å². The second-order valence-electron chi connectivity index (χ2n) is 1.88. The summed E-state index contributed by atoms with van der Waals surface area (Å²) in [5, 5.41) is 1.03. The molecule has 8 heavy (non-hydrogen) atoms. The fraction of sp³-hybridized carbons (Fsp3) is 1.00. The van der Waals surface area contributed by atoms with E-state index < -0.39 is 5.45 Å². The third kappa shape index (κ3) is 1.14. The van der Waals surface area contributed by atoms with Crippen LogP contribution in [0.4, 0.5) is 8.96 Å². The van der Waals surface area contributed by atoms with Crippen LogP contribution in [-0.2, 0) is 0 Å². The minimum atomic E-state index is -0.826. The van der Waals surface area contributed by atoms with Gasteiger partial charge in [0.25, 0.3) is 0 Å². The first kappa shape index (κ1) is 5.91. The quantitative estimate of drug-likeness (QED) is 0.480. The third-order valence-corrected chi connectivity index (χ3v) is 1.30. The summed E-state index contributed by atoms with van der Waals surface area (Å²) in [5.74, 6) is 0. The van der Waals surface area contributed by atoms with Crippen LogP contribution in [0, 0.1) is 0 Å². The van der Waals surface area contributed by atoms with Crippen LogP contribution in [-0.4, -0.2) is 23.6 Å². The van der Waals surface area contributed by atoms with Crippen LogP contribution in [0.5, 0.6) is 0 Å². The monoisotopic (exact) mass is 122 g/mol. The van der Waals surface area contributed by atoms with Crippen molar-refractivity contribution >= 4 is 0 Å². The molecule has 0 aromatic carbocycles. The highest BCUT2D eigenvalue weighted by Crippen LogP contribution is 2.10. The maximum atomic E-state index is 11.5. The van der Waals surface area contributed by atoms with Gasteiger partial charge in [-0.15, -0.1) is 0 Å². The van der Waals surface area contributed by atoms with E-state index in [2.05, 4.69) is 0 Å². The van der Waals surface area contributed by atoms with Crippen molar-refractivity contribution in [2.75, 3.05) is 13.1 Å². The number of hydrogen-bond donors (Lipinski definition) is 0. The molecule has 0 amide bonds. The number of hydrogen-bond acceptors (Lipinski definition) is 2. The Balaban J connectivity index is 2.24. The first-order valence-electron chi connectivity index (χ1n) is 2.67. The van der Waals surface area contributed by atoms with Crippen molar-refractivity contribution in [3.05, 3.63) is 0 Å². The predicted molar refractivity (Wildman–Crippen MR) is 24.9 cm³/mol. The molecule has 1 aliphatic rings. The molecule has 1 saturated heterocycles. The molecule has 4 heteroatoms. The molecule has 0 atom stereocenters. The fourth-order valence-electron chi connectivity index (χ4n) is 0.852. The molecule has 0 aromatic heterocycles. The molecular formula is C4H8F2N2. The van der Waals surface area contributed by atoms with Gasteiger partial charge < -0.3 is 0 Å². The zero-order valence-corrected chi connectivity index (χ0v) is 4.48. The summed E-state index contributed by atoms with van der Waals surface area (Å²) in [5.41, 5.74) is -0.826. The van der Waals surface area contributed by atoms with E-state index in [1.54, 1.807) is 0 Å². The molecule has 0 aliphatic carbocycles. The van der Waals surface area contributed by atoms with Crippen molar-refractivity contribution in [3.63, 3.8) is 0 Å². The molecule has 1 rings (SSSR count). The van der Waals surface area contributed by atoms with E-state index in [1.165, 1.54) is 0 Å². The molecular weight excluding hydrogens is 114 g/mol. The van der Waals surface area contributed by atoms with Crippen LogP contribution < -0.4 is 0 Å². The molecule has 2 nitrogen and oxygen atoms in total. The lowest BCUT2D eigenvalue weighted by Crippen LogP contribution is -2.27. The lowest BCUT2D eigenvalue weighted by Gasteiger charge is -2.11. The maximum absolute atomic E-state index is 11.5. The average Bonchev–Trinajstić information content (AvgIpc) is 2.12. The largest absolute Gasteiger partial charge is 0.185 e. The highest BCUT2D eigenvalue weighted by atomic mass is 19.4. The summed E-state index contributed by atoms with van der Waals surface area (Å²) in [6, 6.07) is 0. The molecule has 0 unspecified atom stereocenters. The lowest BCUT2D eigenvalue weighted by atomic mass is 10.4. The third-order valence-electron chi connectivity index (χ3n) is 1.30. The predicted octanol–water partition coefficient (Wildman–Crippen LogP) is 1.07. The normalized spacial score (nSPS) is 22.9. The van der Waals surface area contributed by atoms with E-state index in [-0.39, 0.29) is 0 Å². The Morgan fingerprint density at radius 2 is 1.62 bits per heavy atom. The average molecular weight is 122 g/mol. The number of halogens is 2. The minimum absolute atomic E-state index is 0.507. The highest BCUT2D eigenvalue weighted by Gasteiger charge is 2.17. The lowest BCUT2D eigenvalue weighted by molar-refractivity contribution is -0.293. The Bertz CT molecular complexity index is 70.4. The molecule has 0 saturated carbocycles. The summed E-state index contributed by atoms with van der Waals surface area (Å²) in [6.07, 6.45) is 1.79. The molecule has 0 radical (unpaired) electrons. The topological polar surface area (TPSA) is 6.48 Å². The highest BCUT2D eigenvalue weighted by molar-refractivity contribution is 4.57. The van der Waals surface area contributed by atoms with Crippen molar-refractivity contribution in [1.29, 1.82) is 0 Å². The first-order valence-corrected chi connectivity index (χ1v) is 2.67. The van der Waals surface area contributed by atoms with Gasteiger partial charge in [-0.2, -0.15) is 5.01 Å². The first-order chi connectivity index (χ1) is 3.80. The van der Waals surface area contributed by atoms with Gasteiger partial charge in [-0.25, -0.2) is 0 Å². The van der Waals surface area contributed by atoms with E-state index in [0.717, 1.165) is 17.9 Å². The molecule has 1 aliphatic heterocycles. The van der Waals surface area contributed by atoms with Gasteiger partial charge in [0.1, 0.15) is 0 Å². The van der Waals surface area contributed by atoms with Crippen LogP contribution in [0.15, 0.2) is 0 Å². The van der Waals surface area contributed by atoms with E-state index in [0.29, 0.717) is 13.1 Å². The zero-order chi connectivity index (χ0) is 5.98. The Morgan fingerprint density at radius 3 is 1.88 bits per heavy atom. The van der Waals surface area contributed by atoms with E-state index >= 15 is 0 Å². The second-order valence-corrected chi connectivity index (χ2v) is 1.88.